The van der Waals surface area contributed by atoms with Gasteiger partial charge in [-0.15, -0.1) is 0 Å². The first-order chi connectivity index (χ1) is 10.6. The lowest BCUT2D eigenvalue weighted by molar-refractivity contribution is -0.139. The number of aliphatic hydroxyl groups excluding tert-OH is 1. The van der Waals surface area contributed by atoms with Gasteiger partial charge in [0.1, 0.15) is 0 Å². The smallest absolute Gasteiger partial charge is 0.335 e. The van der Waals surface area contributed by atoms with Crippen molar-refractivity contribution in [3.05, 3.63) is 35.4 Å². The molecule has 0 unspecified atom stereocenters. The third-order valence-corrected chi connectivity index (χ3v) is 4.95. The number of carbonyl (C=O) groups excluding carboxylic acids is 1. The van der Waals surface area contributed by atoms with Crippen molar-refractivity contribution in [2.45, 2.75) is 31.6 Å². The monoisotopic (exact) mass is 303 g/mol. The Morgan fingerprint density at radius 1 is 1.23 bits per heavy atom. The number of hydrogen-bond acceptors (Lipinski definition) is 3. The van der Waals surface area contributed by atoms with E-state index < -0.39 is 11.4 Å². The van der Waals surface area contributed by atoms with Crippen LogP contribution < -0.4 is 0 Å². The Hall–Kier alpha value is -1.88. The fourth-order valence-corrected chi connectivity index (χ4v) is 3.26. The Morgan fingerprint density at radius 2 is 1.91 bits per heavy atom. The number of aromatic carboxylic acids is 1. The highest BCUT2D eigenvalue weighted by atomic mass is 16.4. The number of carboxylic acids is 1. The molecule has 2 N–H and O–H groups in total. The van der Waals surface area contributed by atoms with Crippen LogP contribution >= 0.6 is 0 Å². The van der Waals surface area contributed by atoms with Crippen LogP contribution in [0.15, 0.2) is 24.3 Å². The Bertz CT molecular complexity index is 577. The zero-order chi connectivity index (χ0) is 15.7. The predicted molar refractivity (Wildman–Crippen MR) is 80.7 cm³/mol. The Kier molecular flexibility index (Phi) is 3.91. The minimum atomic E-state index is -0.925. The van der Waals surface area contributed by atoms with Crippen molar-refractivity contribution in [1.82, 2.24) is 4.90 Å². The molecule has 1 aromatic rings. The second-order valence-corrected chi connectivity index (χ2v) is 6.46. The molecule has 118 valence electrons. The number of hydrogen-bond donors (Lipinski definition) is 2. The lowest BCUT2D eigenvalue weighted by Gasteiger charge is -2.35. The number of nitrogens with zero attached hydrogens (tertiary/aromatic N) is 1. The molecule has 5 heteroatoms. The summed E-state index contributed by atoms with van der Waals surface area (Å²) < 4.78 is 0. The summed E-state index contributed by atoms with van der Waals surface area (Å²) in [7, 11) is 0. The second kappa shape index (κ2) is 5.72. The lowest BCUT2D eigenvalue weighted by Crippen LogP contribution is -2.44. The molecule has 2 fully saturated rings. The molecule has 1 saturated heterocycles. The van der Waals surface area contributed by atoms with E-state index in [1.165, 1.54) is 0 Å². The van der Waals surface area contributed by atoms with Crippen LogP contribution in [-0.2, 0) is 4.79 Å². The normalized spacial score (nSPS) is 23.1. The molecule has 22 heavy (non-hydrogen) atoms. The van der Waals surface area contributed by atoms with E-state index in [0.29, 0.717) is 6.54 Å². The quantitative estimate of drug-likeness (QED) is 0.890. The van der Waals surface area contributed by atoms with E-state index >= 15 is 0 Å². The van der Waals surface area contributed by atoms with E-state index in [0.717, 1.165) is 37.8 Å². The molecule has 3 rings (SSSR count). The van der Waals surface area contributed by atoms with Crippen molar-refractivity contribution < 1.29 is 19.8 Å². The SMILES string of the molecule is O=C(O)c1ccc([C@@H]2CCCN(C(=O)C3(CO)CC3)C2)cc1. The number of piperidine rings is 1. The highest BCUT2D eigenvalue weighted by molar-refractivity contribution is 5.87. The minimum absolute atomic E-state index is 0.0552. The molecule has 1 amide bonds. The fourth-order valence-electron chi connectivity index (χ4n) is 3.26. The van der Waals surface area contributed by atoms with E-state index in [4.69, 9.17) is 5.11 Å². The first-order valence-electron chi connectivity index (χ1n) is 7.79. The van der Waals surface area contributed by atoms with Gasteiger partial charge in [-0.25, -0.2) is 4.79 Å². The van der Waals surface area contributed by atoms with Crippen LogP contribution in [-0.4, -0.2) is 46.7 Å². The topological polar surface area (TPSA) is 77.8 Å². The van der Waals surface area contributed by atoms with Gasteiger partial charge in [-0.1, -0.05) is 12.1 Å². The molecule has 2 aliphatic rings. The van der Waals surface area contributed by atoms with Gasteiger partial charge in [-0.05, 0) is 43.4 Å². The maximum absolute atomic E-state index is 12.5. The van der Waals surface area contributed by atoms with Gasteiger partial charge in [-0.3, -0.25) is 4.79 Å². The van der Waals surface area contributed by atoms with Crippen LogP contribution in [0.5, 0.6) is 0 Å². The van der Waals surface area contributed by atoms with Gasteiger partial charge in [0.05, 0.1) is 17.6 Å². The summed E-state index contributed by atoms with van der Waals surface area (Å²) in [6.45, 7) is 1.36. The first-order valence-corrected chi connectivity index (χ1v) is 7.79. The molecule has 1 saturated carbocycles. The van der Waals surface area contributed by atoms with Gasteiger partial charge in [0, 0.05) is 19.0 Å². The van der Waals surface area contributed by atoms with Crippen LogP contribution in [0.1, 0.15) is 47.5 Å². The molecule has 0 aromatic heterocycles. The van der Waals surface area contributed by atoms with Gasteiger partial charge < -0.3 is 15.1 Å². The molecular weight excluding hydrogens is 282 g/mol. The molecule has 1 aromatic carbocycles. The molecule has 1 aliphatic carbocycles. The molecule has 1 atom stereocenters. The molecule has 5 nitrogen and oxygen atoms in total. The standard InChI is InChI=1S/C17H21NO4/c19-11-17(7-8-17)16(22)18-9-1-2-14(10-18)12-3-5-13(6-4-12)15(20)21/h3-6,14,19H,1-2,7-11H2,(H,20,21)/t14-/m1/s1. The minimum Gasteiger partial charge on any atom is -0.478 e. The molecular formula is C17H21NO4. The first kappa shape index (κ1) is 15.0. The average Bonchev–Trinajstić information content (AvgIpc) is 3.35. The van der Waals surface area contributed by atoms with Crippen molar-refractivity contribution in [2.24, 2.45) is 5.41 Å². The third kappa shape index (κ3) is 2.73. The Labute approximate surface area is 129 Å². The van der Waals surface area contributed by atoms with Gasteiger partial charge in [0.25, 0.3) is 0 Å². The van der Waals surface area contributed by atoms with Gasteiger partial charge >= 0.3 is 5.97 Å². The van der Waals surface area contributed by atoms with Crippen molar-refractivity contribution in [3.8, 4) is 0 Å². The van der Waals surface area contributed by atoms with Gasteiger partial charge in [-0.2, -0.15) is 0 Å². The summed E-state index contributed by atoms with van der Waals surface area (Å²) in [5, 5.41) is 18.4. The number of amides is 1. The summed E-state index contributed by atoms with van der Waals surface area (Å²) in [5.74, 6) is -0.595. The number of rotatable bonds is 4. The van der Waals surface area contributed by atoms with Gasteiger partial charge in [0.15, 0.2) is 0 Å². The number of aliphatic hydroxyl groups is 1. The molecule has 0 radical (unpaired) electrons. The largest absolute Gasteiger partial charge is 0.478 e. The summed E-state index contributed by atoms with van der Waals surface area (Å²) in [5.41, 5.74) is 0.857. The zero-order valence-corrected chi connectivity index (χ0v) is 12.5. The van der Waals surface area contributed by atoms with Crippen LogP contribution in [0.25, 0.3) is 0 Å². The highest BCUT2D eigenvalue weighted by Gasteiger charge is 2.51. The van der Waals surface area contributed by atoms with Crippen molar-refractivity contribution in [2.75, 3.05) is 19.7 Å². The van der Waals surface area contributed by atoms with Crippen molar-refractivity contribution >= 4 is 11.9 Å². The van der Waals surface area contributed by atoms with E-state index in [1.54, 1.807) is 12.1 Å². The lowest BCUT2D eigenvalue weighted by atomic mass is 9.89. The molecule has 1 aliphatic heterocycles. The fraction of sp³-hybridized carbons (Fsp3) is 0.529. The number of benzene rings is 1. The second-order valence-electron chi connectivity index (χ2n) is 6.46. The third-order valence-electron chi connectivity index (χ3n) is 4.95. The predicted octanol–water partition coefficient (Wildman–Crippen LogP) is 1.86. The summed E-state index contributed by atoms with van der Waals surface area (Å²) >= 11 is 0. The maximum Gasteiger partial charge on any atom is 0.335 e. The van der Waals surface area contributed by atoms with E-state index in [-0.39, 0.29) is 24.0 Å². The van der Waals surface area contributed by atoms with Crippen LogP contribution in [0.3, 0.4) is 0 Å². The molecule has 0 bridgehead atoms. The Morgan fingerprint density at radius 3 is 2.45 bits per heavy atom. The maximum atomic E-state index is 12.5. The summed E-state index contributed by atoms with van der Waals surface area (Å²) in [6, 6.07) is 6.94. The van der Waals surface area contributed by atoms with E-state index in [1.807, 2.05) is 17.0 Å². The Balaban J connectivity index is 1.70. The van der Waals surface area contributed by atoms with Crippen molar-refractivity contribution in [1.29, 1.82) is 0 Å². The highest BCUT2D eigenvalue weighted by Crippen LogP contribution is 2.47. The molecule has 0 spiro atoms. The van der Waals surface area contributed by atoms with Crippen molar-refractivity contribution in [3.63, 3.8) is 0 Å². The average molecular weight is 303 g/mol. The van der Waals surface area contributed by atoms with Gasteiger partial charge in [0.2, 0.25) is 5.91 Å². The van der Waals surface area contributed by atoms with Crippen LogP contribution in [0, 0.1) is 5.41 Å². The van der Waals surface area contributed by atoms with Crippen LogP contribution in [0.2, 0.25) is 0 Å². The summed E-state index contributed by atoms with van der Waals surface area (Å²) in [6.07, 6.45) is 3.52. The van der Waals surface area contributed by atoms with E-state index in [2.05, 4.69) is 0 Å². The summed E-state index contributed by atoms with van der Waals surface area (Å²) in [4.78, 5) is 25.3. The molecule has 1 heterocycles. The zero-order valence-electron chi connectivity index (χ0n) is 12.5. The van der Waals surface area contributed by atoms with E-state index in [9.17, 15) is 14.7 Å². The number of carbonyl (C=O) groups is 2. The number of likely N-dealkylation sites (tertiary alicyclic amines) is 1. The number of carboxylic acid groups (broad SMARTS) is 1. The van der Waals surface area contributed by atoms with Crippen LogP contribution in [0.4, 0.5) is 0 Å².